The fourth-order valence-electron chi connectivity index (χ4n) is 8.72. The van der Waals surface area contributed by atoms with Crippen molar-refractivity contribution in [2.24, 2.45) is 40.4 Å². The average molecular weight is 417 g/mol. The molecule has 0 amide bonds. The van der Waals surface area contributed by atoms with E-state index in [4.69, 9.17) is 0 Å². The molecule has 0 aromatic carbocycles. The van der Waals surface area contributed by atoms with Crippen LogP contribution in [-0.4, -0.2) is 27.7 Å². The summed E-state index contributed by atoms with van der Waals surface area (Å²) < 4.78 is 0. The Balaban J connectivity index is 1.57. The third kappa shape index (κ3) is 3.52. The first-order valence-corrected chi connectivity index (χ1v) is 12.6. The van der Waals surface area contributed by atoms with E-state index in [2.05, 4.69) is 27.7 Å². The third-order valence-corrected chi connectivity index (χ3v) is 10.1. The SMILES string of the molecule is CC(C)CCCC(C)(O)[C@H]1[C@H](O)CC2C3CCC4=CC(=O)CC[C@]4(C)C3CC[C@@]21C. The van der Waals surface area contributed by atoms with Gasteiger partial charge in [0.25, 0.3) is 0 Å². The molecule has 8 atom stereocenters. The van der Waals surface area contributed by atoms with E-state index in [1.54, 1.807) is 0 Å². The topological polar surface area (TPSA) is 57.5 Å². The highest BCUT2D eigenvalue weighted by molar-refractivity contribution is 5.91. The first kappa shape index (κ1) is 22.5. The van der Waals surface area contributed by atoms with Gasteiger partial charge in [-0.3, -0.25) is 4.79 Å². The van der Waals surface area contributed by atoms with Gasteiger partial charge in [0.15, 0.2) is 5.78 Å². The molecular formula is C27H44O3. The van der Waals surface area contributed by atoms with Crippen LogP contribution in [0, 0.1) is 40.4 Å². The van der Waals surface area contributed by atoms with Crippen LogP contribution in [0.2, 0.25) is 0 Å². The minimum atomic E-state index is -0.800. The number of aliphatic hydroxyl groups is 2. The fraction of sp³-hybridized carbons (Fsp3) is 0.889. The number of fused-ring (bicyclic) bond motifs is 5. The Hall–Kier alpha value is -0.670. The zero-order valence-corrected chi connectivity index (χ0v) is 19.9. The monoisotopic (exact) mass is 416 g/mol. The summed E-state index contributed by atoms with van der Waals surface area (Å²) in [7, 11) is 0. The highest BCUT2D eigenvalue weighted by atomic mass is 16.3. The largest absolute Gasteiger partial charge is 0.393 e. The molecule has 0 heterocycles. The minimum Gasteiger partial charge on any atom is -0.393 e. The maximum absolute atomic E-state index is 12.0. The van der Waals surface area contributed by atoms with Crippen molar-refractivity contribution in [1.82, 2.24) is 0 Å². The molecule has 4 aliphatic carbocycles. The average Bonchev–Trinajstić information content (AvgIpc) is 2.92. The molecule has 0 aliphatic heterocycles. The van der Waals surface area contributed by atoms with Crippen molar-refractivity contribution in [3.05, 3.63) is 11.6 Å². The molecule has 3 saturated carbocycles. The van der Waals surface area contributed by atoms with Gasteiger partial charge in [-0.1, -0.05) is 46.1 Å². The van der Waals surface area contributed by atoms with Crippen LogP contribution in [0.3, 0.4) is 0 Å². The second kappa shape index (κ2) is 7.73. The highest BCUT2D eigenvalue weighted by Crippen LogP contribution is 2.68. The normalized spacial score (nSPS) is 45.4. The Morgan fingerprint density at radius 3 is 2.60 bits per heavy atom. The van der Waals surface area contributed by atoms with Gasteiger partial charge in [-0.2, -0.15) is 0 Å². The molecule has 0 spiro atoms. The summed E-state index contributed by atoms with van der Waals surface area (Å²) in [4.78, 5) is 12.0. The van der Waals surface area contributed by atoms with Gasteiger partial charge < -0.3 is 10.2 Å². The number of carbonyl (C=O) groups is 1. The van der Waals surface area contributed by atoms with Crippen molar-refractivity contribution in [1.29, 1.82) is 0 Å². The van der Waals surface area contributed by atoms with Gasteiger partial charge in [-0.05, 0) is 92.4 Å². The van der Waals surface area contributed by atoms with Crippen molar-refractivity contribution < 1.29 is 15.0 Å². The molecule has 0 aromatic heterocycles. The third-order valence-electron chi connectivity index (χ3n) is 10.1. The van der Waals surface area contributed by atoms with E-state index in [0.717, 1.165) is 51.4 Å². The van der Waals surface area contributed by atoms with Crippen molar-refractivity contribution in [2.45, 2.75) is 111 Å². The van der Waals surface area contributed by atoms with Gasteiger partial charge in [0.05, 0.1) is 11.7 Å². The Morgan fingerprint density at radius 2 is 1.90 bits per heavy atom. The standard InChI is InChI=1S/C27H44O3/c1-17(2)7-6-12-27(5,30)24-23(29)16-22-20-9-8-18-15-19(28)10-13-25(18,3)21(20)11-14-26(22,24)4/h15,17,20-24,29-30H,6-14,16H2,1-5H3/t20?,21?,22?,23-,24+,25+,26+,27?/m1/s1. The lowest BCUT2D eigenvalue weighted by molar-refractivity contribution is -0.128. The highest BCUT2D eigenvalue weighted by Gasteiger charge is 2.64. The quantitative estimate of drug-likeness (QED) is 0.606. The van der Waals surface area contributed by atoms with Crippen LogP contribution in [0.1, 0.15) is 98.8 Å². The molecule has 3 heteroatoms. The molecule has 4 rings (SSSR count). The fourth-order valence-corrected chi connectivity index (χ4v) is 8.72. The number of rotatable bonds is 5. The van der Waals surface area contributed by atoms with Crippen LogP contribution in [-0.2, 0) is 4.79 Å². The summed E-state index contributed by atoms with van der Waals surface area (Å²) >= 11 is 0. The van der Waals surface area contributed by atoms with Crippen LogP contribution in [0.25, 0.3) is 0 Å². The summed E-state index contributed by atoms with van der Waals surface area (Å²) in [5.41, 5.74) is 0.788. The lowest BCUT2D eigenvalue weighted by Gasteiger charge is -2.59. The van der Waals surface area contributed by atoms with Gasteiger partial charge >= 0.3 is 0 Å². The molecule has 0 radical (unpaired) electrons. The molecule has 4 unspecified atom stereocenters. The molecule has 0 saturated heterocycles. The zero-order valence-electron chi connectivity index (χ0n) is 19.9. The molecule has 4 aliphatic rings. The second-order valence-electron chi connectivity index (χ2n) is 12.4. The van der Waals surface area contributed by atoms with Gasteiger partial charge in [-0.15, -0.1) is 0 Å². The number of ketones is 1. The first-order chi connectivity index (χ1) is 14.0. The van der Waals surface area contributed by atoms with E-state index in [9.17, 15) is 15.0 Å². The number of hydrogen-bond donors (Lipinski definition) is 2. The van der Waals surface area contributed by atoms with Crippen LogP contribution >= 0.6 is 0 Å². The summed E-state index contributed by atoms with van der Waals surface area (Å²) in [5.74, 6) is 2.67. The van der Waals surface area contributed by atoms with E-state index < -0.39 is 11.7 Å². The Morgan fingerprint density at radius 1 is 1.17 bits per heavy atom. The van der Waals surface area contributed by atoms with Gasteiger partial charge in [-0.25, -0.2) is 0 Å². The molecule has 3 fully saturated rings. The Kier molecular flexibility index (Phi) is 5.80. The molecule has 170 valence electrons. The number of carbonyl (C=O) groups excluding carboxylic acids is 1. The Bertz CT molecular complexity index is 707. The van der Waals surface area contributed by atoms with Crippen molar-refractivity contribution in [2.75, 3.05) is 0 Å². The van der Waals surface area contributed by atoms with Crippen LogP contribution in [0.15, 0.2) is 11.6 Å². The van der Waals surface area contributed by atoms with Crippen molar-refractivity contribution in [3.63, 3.8) is 0 Å². The van der Waals surface area contributed by atoms with E-state index >= 15 is 0 Å². The van der Waals surface area contributed by atoms with Crippen LogP contribution < -0.4 is 0 Å². The predicted octanol–water partition coefficient (Wildman–Crippen LogP) is 5.68. The van der Waals surface area contributed by atoms with Crippen molar-refractivity contribution in [3.8, 4) is 0 Å². The van der Waals surface area contributed by atoms with Crippen LogP contribution in [0.4, 0.5) is 0 Å². The molecule has 3 nitrogen and oxygen atoms in total. The lowest BCUT2D eigenvalue weighted by atomic mass is 9.46. The van der Waals surface area contributed by atoms with Gasteiger partial charge in [0, 0.05) is 12.3 Å². The minimum absolute atomic E-state index is 0.0178. The number of aliphatic hydroxyl groups excluding tert-OH is 1. The molecule has 0 bridgehead atoms. The first-order valence-electron chi connectivity index (χ1n) is 12.6. The zero-order chi connectivity index (χ0) is 21.9. The Labute approximate surface area is 183 Å². The van der Waals surface area contributed by atoms with Crippen molar-refractivity contribution >= 4 is 5.78 Å². The van der Waals surface area contributed by atoms with E-state index in [1.807, 2.05) is 13.0 Å². The van der Waals surface area contributed by atoms with E-state index in [1.165, 1.54) is 12.0 Å². The molecular weight excluding hydrogens is 372 g/mol. The summed E-state index contributed by atoms with van der Waals surface area (Å²) in [5, 5.41) is 22.8. The number of allylic oxidation sites excluding steroid dienone is 1. The maximum atomic E-state index is 12.0. The van der Waals surface area contributed by atoms with E-state index in [0.29, 0.717) is 35.9 Å². The summed E-state index contributed by atoms with van der Waals surface area (Å²) in [6, 6.07) is 0. The second-order valence-corrected chi connectivity index (χ2v) is 12.4. The predicted molar refractivity (Wildman–Crippen MR) is 121 cm³/mol. The van der Waals surface area contributed by atoms with E-state index in [-0.39, 0.29) is 16.7 Å². The summed E-state index contributed by atoms with van der Waals surface area (Å²) in [6.45, 7) is 11.3. The summed E-state index contributed by atoms with van der Waals surface area (Å²) in [6.07, 6.45) is 11.5. The van der Waals surface area contributed by atoms with Gasteiger partial charge in [0.2, 0.25) is 0 Å². The smallest absolute Gasteiger partial charge is 0.155 e. The maximum Gasteiger partial charge on any atom is 0.155 e. The molecule has 0 aromatic rings. The van der Waals surface area contributed by atoms with Crippen LogP contribution in [0.5, 0.6) is 0 Å². The number of hydrogen-bond acceptors (Lipinski definition) is 3. The molecule has 30 heavy (non-hydrogen) atoms. The lowest BCUT2D eigenvalue weighted by Crippen LogP contribution is -2.54. The van der Waals surface area contributed by atoms with Gasteiger partial charge in [0.1, 0.15) is 0 Å². The molecule has 2 N–H and O–H groups in total.